The first-order valence-corrected chi connectivity index (χ1v) is 7.47. The highest BCUT2D eigenvalue weighted by Crippen LogP contribution is 2.34. The minimum atomic E-state index is -0.581. The molecule has 1 atom stereocenters. The molecule has 0 saturated heterocycles. The van der Waals surface area contributed by atoms with Crippen LogP contribution in [0.5, 0.6) is 0 Å². The van der Waals surface area contributed by atoms with Gasteiger partial charge in [-0.1, -0.05) is 12.1 Å². The first-order valence-electron chi connectivity index (χ1n) is 7.47. The third-order valence-corrected chi connectivity index (χ3v) is 3.90. The van der Waals surface area contributed by atoms with Gasteiger partial charge in [-0.05, 0) is 36.4 Å². The minimum Gasteiger partial charge on any atom is -0.467 e. The molecule has 3 heterocycles. The summed E-state index contributed by atoms with van der Waals surface area (Å²) in [5.74, 6) is 0.0683. The average molecular weight is 324 g/mol. The van der Waals surface area contributed by atoms with Crippen molar-refractivity contribution in [3.8, 4) is 0 Å². The van der Waals surface area contributed by atoms with E-state index in [1.165, 1.54) is 29.5 Å². The van der Waals surface area contributed by atoms with Crippen LogP contribution in [0.15, 0.2) is 75.0 Å². The first kappa shape index (κ1) is 14.4. The molecule has 0 unspecified atom stereocenters. The largest absolute Gasteiger partial charge is 0.467 e. The van der Waals surface area contributed by atoms with Gasteiger partial charge in [-0.2, -0.15) is 5.10 Å². The molecular weight excluding hydrogens is 311 g/mol. The van der Waals surface area contributed by atoms with Crippen LogP contribution in [-0.4, -0.2) is 16.6 Å². The van der Waals surface area contributed by atoms with Gasteiger partial charge in [0.15, 0.2) is 0 Å². The van der Waals surface area contributed by atoms with Gasteiger partial charge in [0.2, 0.25) is 0 Å². The summed E-state index contributed by atoms with van der Waals surface area (Å²) >= 11 is 0. The Bertz CT molecular complexity index is 885. The van der Waals surface area contributed by atoms with Crippen LogP contribution in [-0.2, 0) is 0 Å². The second-order valence-electron chi connectivity index (χ2n) is 5.39. The van der Waals surface area contributed by atoms with Crippen LogP contribution in [0.25, 0.3) is 0 Å². The predicted molar refractivity (Wildman–Crippen MR) is 83.9 cm³/mol. The van der Waals surface area contributed by atoms with Gasteiger partial charge in [0.1, 0.15) is 29.1 Å². The topological polar surface area (TPSA) is 59.0 Å². The Morgan fingerprint density at radius 1 is 1.08 bits per heavy atom. The molecule has 0 fully saturated rings. The van der Waals surface area contributed by atoms with Crippen molar-refractivity contribution in [1.82, 2.24) is 5.01 Å². The molecule has 1 aliphatic rings. The molecule has 24 heavy (non-hydrogen) atoms. The Labute approximate surface area is 137 Å². The summed E-state index contributed by atoms with van der Waals surface area (Å²) in [5, 5.41) is 5.62. The third-order valence-electron chi connectivity index (χ3n) is 3.90. The van der Waals surface area contributed by atoms with Crippen molar-refractivity contribution in [3.05, 3.63) is 84.0 Å². The van der Waals surface area contributed by atoms with E-state index in [9.17, 15) is 9.18 Å². The Hall–Kier alpha value is -3.15. The maximum atomic E-state index is 14.0. The van der Waals surface area contributed by atoms with Crippen molar-refractivity contribution in [2.24, 2.45) is 5.10 Å². The SMILES string of the molecule is O=C(c1ccccc1F)N1N=C(c2ccco2)C[C@H]1c1ccco1. The van der Waals surface area contributed by atoms with Crippen LogP contribution in [0.2, 0.25) is 0 Å². The fraction of sp³-hybridized carbons (Fsp3) is 0.111. The van der Waals surface area contributed by atoms with E-state index in [0.717, 1.165) is 0 Å². The maximum Gasteiger partial charge on any atom is 0.277 e. The zero-order chi connectivity index (χ0) is 16.5. The zero-order valence-electron chi connectivity index (χ0n) is 12.6. The summed E-state index contributed by atoms with van der Waals surface area (Å²) in [6.45, 7) is 0. The van der Waals surface area contributed by atoms with Crippen molar-refractivity contribution in [2.45, 2.75) is 12.5 Å². The van der Waals surface area contributed by atoms with Crippen LogP contribution >= 0.6 is 0 Å². The molecule has 120 valence electrons. The first-order chi connectivity index (χ1) is 11.7. The summed E-state index contributed by atoms with van der Waals surface area (Å²) in [5.41, 5.74) is 0.588. The van der Waals surface area contributed by atoms with Crippen LogP contribution in [0.4, 0.5) is 4.39 Å². The molecule has 0 saturated carbocycles. The highest BCUT2D eigenvalue weighted by molar-refractivity contribution is 6.03. The highest BCUT2D eigenvalue weighted by atomic mass is 19.1. The van der Waals surface area contributed by atoms with Crippen molar-refractivity contribution in [3.63, 3.8) is 0 Å². The third kappa shape index (κ3) is 2.42. The number of halogens is 1. The number of carbonyl (C=O) groups excluding carboxylic acids is 1. The van der Waals surface area contributed by atoms with E-state index in [-0.39, 0.29) is 5.56 Å². The summed E-state index contributed by atoms with van der Waals surface area (Å²) in [6, 6.07) is 12.4. The summed E-state index contributed by atoms with van der Waals surface area (Å²) in [7, 11) is 0. The monoisotopic (exact) mass is 324 g/mol. The van der Waals surface area contributed by atoms with Crippen molar-refractivity contribution in [1.29, 1.82) is 0 Å². The van der Waals surface area contributed by atoms with Crippen LogP contribution in [0.3, 0.4) is 0 Å². The fourth-order valence-electron chi connectivity index (χ4n) is 2.75. The van der Waals surface area contributed by atoms with E-state index in [1.807, 2.05) is 0 Å². The van der Waals surface area contributed by atoms with Gasteiger partial charge in [-0.15, -0.1) is 0 Å². The lowest BCUT2D eigenvalue weighted by molar-refractivity contribution is 0.0688. The smallest absolute Gasteiger partial charge is 0.277 e. The number of nitrogens with zero attached hydrogens (tertiary/aromatic N) is 2. The Morgan fingerprint density at radius 2 is 1.88 bits per heavy atom. The lowest BCUT2D eigenvalue weighted by Gasteiger charge is -2.20. The number of furan rings is 2. The number of rotatable bonds is 3. The van der Waals surface area contributed by atoms with Crippen molar-refractivity contribution >= 4 is 11.6 Å². The molecule has 1 amide bonds. The lowest BCUT2D eigenvalue weighted by Crippen LogP contribution is -2.27. The van der Waals surface area contributed by atoms with Gasteiger partial charge in [0, 0.05) is 6.42 Å². The molecular formula is C18H13FN2O3. The molecule has 4 rings (SSSR count). The van der Waals surface area contributed by atoms with E-state index in [0.29, 0.717) is 23.7 Å². The summed E-state index contributed by atoms with van der Waals surface area (Å²) < 4.78 is 24.8. The van der Waals surface area contributed by atoms with E-state index < -0.39 is 17.8 Å². The van der Waals surface area contributed by atoms with E-state index in [2.05, 4.69) is 5.10 Å². The number of benzene rings is 1. The van der Waals surface area contributed by atoms with Crippen LogP contribution in [0.1, 0.15) is 34.3 Å². The van der Waals surface area contributed by atoms with E-state index in [1.54, 1.807) is 36.6 Å². The molecule has 0 radical (unpaired) electrons. The number of hydrazone groups is 1. The van der Waals surface area contributed by atoms with Gasteiger partial charge in [0.25, 0.3) is 5.91 Å². The average Bonchev–Trinajstić information content (AvgIpc) is 3.33. The highest BCUT2D eigenvalue weighted by Gasteiger charge is 2.36. The van der Waals surface area contributed by atoms with Gasteiger partial charge in [0.05, 0.1) is 18.1 Å². The van der Waals surface area contributed by atoms with Gasteiger partial charge < -0.3 is 8.83 Å². The molecule has 1 aromatic carbocycles. The molecule has 3 aromatic rings. The number of hydrogen-bond donors (Lipinski definition) is 0. The number of hydrogen-bond acceptors (Lipinski definition) is 4. The molecule has 0 aliphatic carbocycles. The minimum absolute atomic E-state index is 0.0292. The van der Waals surface area contributed by atoms with Gasteiger partial charge >= 0.3 is 0 Å². The Kier molecular flexibility index (Phi) is 3.49. The van der Waals surface area contributed by atoms with Crippen LogP contribution in [0, 0.1) is 5.82 Å². The molecule has 5 nitrogen and oxygen atoms in total. The normalized spacial score (nSPS) is 17.1. The second kappa shape index (κ2) is 5.81. The van der Waals surface area contributed by atoms with Crippen LogP contribution < -0.4 is 0 Å². The van der Waals surface area contributed by atoms with Gasteiger partial charge in [-0.25, -0.2) is 9.40 Å². The standard InChI is InChI=1S/C18H13FN2O3/c19-13-6-2-1-5-12(13)18(22)21-15(17-8-4-10-24-17)11-14(20-21)16-7-3-9-23-16/h1-10,15H,11H2/t15-/m0/s1. The van der Waals surface area contributed by atoms with Gasteiger partial charge in [-0.3, -0.25) is 4.79 Å². The van der Waals surface area contributed by atoms with Crippen molar-refractivity contribution < 1.29 is 18.0 Å². The molecule has 0 bridgehead atoms. The van der Waals surface area contributed by atoms with Crippen molar-refractivity contribution in [2.75, 3.05) is 0 Å². The number of carbonyl (C=O) groups is 1. The molecule has 6 heteroatoms. The van der Waals surface area contributed by atoms with E-state index in [4.69, 9.17) is 8.83 Å². The molecule has 1 aliphatic heterocycles. The quantitative estimate of drug-likeness (QED) is 0.731. The second-order valence-corrected chi connectivity index (χ2v) is 5.39. The predicted octanol–water partition coefficient (Wildman–Crippen LogP) is 4.00. The lowest BCUT2D eigenvalue weighted by atomic mass is 10.1. The van der Waals surface area contributed by atoms with E-state index >= 15 is 0 Å². The summed E-state index contributed by atoms with van der Waals surface area (Å²) in [6.07, 6.45) is 3.51. The number of amides is 1. The molecule has 2 aromatic heterocycles. The maximum absolute atomic E-state index is 14.0. The fourth-order valence-corrected chi connectivity index (χ4v) is 2.75. The molecule has 0 spiro atoms. The Morgan fingerprint density at radius 3 is 2.58 bits per heavy atom. The summed E-state index contributed by atoms with van der Waals surface area (Å²) in [4.78, 5) is 12.8. The zero-order valence-corrected chi connectivity index (χ0v) is 12.6. The Balaban J connectivity index is 1.74. The molecule has 0 N–H and O–H groups in total.